The highest BCUT2D eigenvalue weighted by Crippen LogP contribution is 2.29. The van der Waals surface area contributed by atoms with E-state index in [1.165, 1.54) is 4.90 Å². The third-order valence-electron chi connectivity index (χ3n) is 2.97. The average molecular weight is 310 g/mol. The fourth-order valence-electron chi connectivity index (χ4n) is 1.94. The van der Waals surface area contributed by atoms with E-state index >= 15 is 0 Å². The maximum Gasteiger partial charge on any atom is 0.158 e. The summed E-state index contributed by atoms with van der Waals surface area (Å²) in [4.78, 5) is 4.02. The van der Waals surface area contributed by atoms with Gasteiger partial charge in [-0.1, -0.05) is 48.2 Å². The average Bonchev–Trinajstić information content (AvgIpc) is 2.57. The van der Waals surface area contributed by atoms with Gasteiger partial charge in [0, 0.05) is 21.0 Å². The lowest BCUT2D eigenvalue weighted by molar-refractivity contribution is 0.595. The second-order valence-corrected chi connectivity index (χ2v) is 7.10. The maximum atomic E-state index is 12.4. The molecule has 0 amide bonds. The van der Waals surface area contributed by atoms with Crippen molar-refractivity contribution in [2.24, 2.45) is 0 Å². The van der Waals surface area contributed by atoms with E-state index in [2.05, 4.69) is 12.1 Å². The summed E-state index contributed by atoms with van der Waals surface area (Å²) in [6, 6.07) is 27.7. The Kier molecular flexibility index (Phi) is 4.65. The fraction of sp³-hybridized carbons (Fsp3) is 0. The molecule has 0 fully saturated rings. The van der Waals surface area contributed by atoms with Gasteiger partial charge < -0.3 is 4.55 Å². The Labute approximate surface area is 132 Å². The summed E-state index contributed by atoms with van der Waals surface area (Å²) in [5.74, 6) is 0. The number of hydrogen-bond acceptors (Lipinski definition) is 2. The standard InChI is InChI=1S/C18H14OS2/c19-21(17-9-5-2-6-10-17)18-13-11-16(12-14-18)20-15-7-3-1-4-8-15/h1-14H. The summed E-state index contributed by atoms with van der Waals surface area (Å²) >= 11 is 0.594. The highest BCUT2D eigenvalue weighted by Gasteiger charge is 2.13. The van der Waals surface area contributed by atoms with E-state index in [1.807, 2.05) is 72.8 Å². The van der Waals surface area contributed by atoms with Crippen LogP contribution >= 0.6 is 11.8 Å². The summed E-state index contributed by atoms with van der Waals surface area (Å²) in [5.41, 5.74) is 0. The lowest BCUT2D eigenvalue weighted by Gasteiger charge is -2.10. The van der Waals surface area contributed by atoms with Gasteiger partial charge in [-0.2, -0.15) is 0 Å². The van der Waals surface area contributed by atoms with Crippen molar-refractivity contribution < 1.29 is 4.55 Å². The van der Waals surface area contributed by atoms with E-state index in [4.69, 9.17) is 0 Å². The molecule has 0 N–H and O–H groups in total. The normalized spacial score (nSPS) is 12.0. The summed E-state index contributed by atoms with van der Waals surface area (Å²) in [6.45, 7) is 0. The van der Waals surface area contributed by atoms with E-state index in [9.17, 15) is 4.55 Å². The SMILES string of the molecule is [O-][S+](c1ccccc1)c1ccc(Sc2ccccc2)cc1. The van der Waals surface area contributed by atoms with Gasteiger partial charge in [-0.3, -0.25) is 0 Å². The molecule has 0 aliphatic carbocycles. The largest absolute Gasteiger partial charge is 0.606 e. The van der Waals surface area contributed by atoms with Gasteiger partial charge in [0.1, 0.15) is 0 Å². The Morgan fingerprint density at radius 2 is 1.05 bits per heavy atom. The molecule has 0 saturated carbocycles. The minimum Gasteiger partial charge on any atom is -0.606 e. The van der Waals surface area contributed by atoms with E-state index in [1.54, 1.807) is 11.8 Å². The van der Waals surface area contributed by atoms with Gasteiger partial charge in [-0.15, -0.1) is 0 Å². The van der Waals surface area contributed by atoms with Crippen LogP contribution in [0.3, 0.4) is 0 Å². The molecule has 21 heavy (non-hydrogen) atoms. The van der Waals surface area contributed by atoms with Gasteiger partial charge in [-0.05, 0) is 48.5 Å². The summed E-state index contributed by atoms with van der Waals surface area (Å²) < 4.78 is 12.4. The van der Waals surface area contributed by atoms with Gasteiger partial charge >= 0.3 is 0 Å². The Morgan fingerprint density at radius 3 is 1.67 bits per heavy atom. The van der Waals surface area contributed by atoms with Crippen LogP contribution < -0.4 is 0 Å². The van der Waals surface area contributed by atoms with Crippen molar-refractivity contribution in [2.75, 3.05) is 0 Å². The Hall–Kier alpha value is -1.68. The molecule has 104 valence electrons. The monoisotopic (exact) mass is 310 g/mol. The molecule has 0 saturated heterocycles. The molecule has 3 rings (SSSR count). The molecule has 3 aromatic carbocycles. The second kappa shape index (κ2) is 6.85. The molecule has 3 heteroatoms. The van der Waals surface area contributed by atoms with E-state index < -0.39 is 11.2 Å². The molecular formula is C18H14OS2. The predicted molar refractivity (Wildman–Crippen MR) is 88.1 cm³/mol. The highest BCUT2D eigenvalue weighted by atomic mass is 32.2. The first-order chi connectivity index (χ1) is 10.3. The number of hydrogen-bond donors (Lipinski definition) is 0. The van der Waals surface area contributed by atoms with Crippen LogP contribution in [0.5, 0.6) is 0 Å². The first-order valence-corrected chi connectivity index (χ1v) is 8.59. The van der Waals surface area contributed by atoms with Crippen LogP contribution in [0.25, 0.3) is 0 Å². The molecule has 0 aromatic heterocycles. The van der Waals surface area contributed by atoms with E-state index in [0.717, 1.165) is 14.7 Å². The lowest BCUT2D eigenvalue weighted by Crippen LogP contribution is -2.01. The zero-order valence-corrected chi connectivity index (χ0v) is 12.9. The Balaban J connectivity index is 1.75. The summed E-state index contributed by atoms with van der Waals surface area (Å²) in [6.07, 6.45) is 0. The molecule has 0 bridgehead atoms. The molecule has 1 nitrogen and oxygen atoms in total. The minimum atomic E-state index is -1.11. The lowest BCUT2D eigenvalue weighted by atomic mass is 10.4. The summed E-state index contributed by atoms with van der Waals surface area (Å²) in [5, 5.41) is 0. The van der Waals surface area contributed by atoms with Crippen LogP contribution in [-0.4, -0.2) is 4.55 Å². The van der Waals surface area contributed by atoms with Crippen LogP contribution in [0.15, 0.2) is 105 Å². The third-order valence-corrected chi connectivity index (χ3v) is 5.39. The van der Waals surface area contributed by atoms with Crippen LogP contribution in [0.1, 0.15) is 0 Å². The smallest absolute Gasteiger partial charge is 0.158 e. The van der Waals surface area contributed by atoms with Gasteiger partial charge in [-0.25, -0.2) is 0 Å². The Morgan fingerprint density at radius 1 is 0.571 bits per heavy atom. The molecule has 1 atom stereocenters. The first kappa shape index (κ1) is 14.3. The van der Waals surface area contributed by atoms with Crippen molar-refractivity contribution in [1.29, 1.82) is 0 Å². The minimum absolute atomic E-state index is 0.832. The highest BCUT2D eigenvalue weighted by molar-refractivity contribution is 7.99. The van der Waals surface area contributed by atoms with Gasteiger partial charge in [0.2, 0.25) is 0 Å². The molecule has 1 unspecified atom stereocenters. The van der Waals surface area contributed by atoms with Gasteiger partial charge in [0.25, 0.3) is 0 Å². The van der Waals surface area contributed by atoms with Crippen molar-refractivity contribution >= 4 is 22.9 Å². The van der Waals surface area contributed by atoms with Crippen LogP contribution in [0.2, 0.25) is 0 Å². The molecular weight excluding hydrogens is 296 g/mol. The topological polar surface area (TPSA) is 23.1 Å². The number of benzene rings is 3. The van der Waals surface area contributed by atoms with Gasteiger partial charge in [0.05, 0.1) is 0 Å². The van der Waals surface area contributed by atoms with Crippen molar-refractivity contribution in [3.8, 4) is 0 Å². The maximum absolute atomic E-state index is 12.4. The van der Waals surface area contributed by atoms with E-state index in [0.29, 0.717) is 0 Å². The van der Waals surface area contributed by atoms with Crippen molar-refractivity contribution in [2.45, 2.75) is 19.6 Å². The number of rotatable bonds is 4. The fourth-order valence-corrected chi connectivity index (χ4v) is 3.83. The first-order valence-electron chi connectivity index (χ1n) is 6.63. The molecule has 0 radical (unpaired) electrons. The predicted octanol–water partition coefficient (Wildman–Crippen LogP) is 5.00. The Bertz CT molecular complexity index is 681. The van der Waals surface area contributed by atoms with Crippen LogP contribution in [-0.2, 0) is 11.2 Å². The second-order valence-electron chi connectivity index (χ2n) is 4.47. The van der Waals surface area contributed by atoms with Crippen molar-refractivity contribution in [3.63, 3.8) is 0 Å². The van der Waals surface area contributed by atoms with Crippen molar-refractivity contribution in [3.05, 3.63) is 84.9 Å². The summed E-state index contributed by atoms with van der Waals surface area (Å²) in [7, 11) is 0. The molecule has 0 heterocycles. The zero-order chi connectivity index (χ0) is 14.5. The molecule has 3 aromatic rings. The third kappa shape index (κ3) is 3.70. The van der Waals surface area contributed by atoms with Crippen LogP contribution in [0.4, 0.5) is 0 Å². The molecule has 0 spiro atoms. The quantitative estimate of drug-likeness (QED) is 0.633. The molecule has 0 aliphatic heterocycles. The van der Waals surface area contributed by atoms with E-state index in [-0.39, 0.29) is 0 Å². The van der Waals surface area contributed by atoms with Gasteiger partial charge in [0.15, 0.2) is 9.79 Å². The van der Waals surface area contributed by atoms with Crippen LogP contribution in [0, 0.1) is 0 Å². The zero-order valence-electron chi connectivity index (χ0n) is 11.3. The molecule has 0 aliphatic rings. The van der Waals surface area contributed by atoms with Crippen molar-refractivity contribution in [1.82, 2.24) is 0 Å².